The van der Waals surface area contributed by atoms with E-state index < -0.39 is 0 Å². The van der Waals surface area contributed by atoms with Gasteiger partial charge in [0.05, 0.1) is 25.2 Å². The number of hydrogen-bond acceptors (Lipinski definition) is 5. The van der Waals surface area contributed by atoms with Gasteiger partial charge in [-0.15, -0.1) is 0 Å². The molecule has 2 heterocycles. The molecular weight excluding hydrogens is 272 g/mol. The van der Waals surface area contributed by atoms with Gasteiger partial charge in [0.2, 0.25) is 5.91 Å². The Balaban J connectivity index is 1.62. The molecule has 0 saturated carbocycles. The third-order valence-electron chi connectivity index (χ3n) is 4.14. The van der Waals surface area contributed by atoms with Crippen LogP contribution in [0.4, 0.5) is 0 Å². The standard InChI is InChI=1S/C15H26N2O4/c1-2-20-15(19)12-5-7-17(8-6-12)14(18)11-16-10-13-4-3-9-21-13/h12-13,16H,2-11H2,1H3. The minimum absolute atomic E-state index is 0.0474. The van der Waals surface area contributed by atoms with Crippen LogP contribution in [-0.2, 0) is 19.1 Å². The van der Waals surface area contributed by atoms with Crippen molar-refractivity contribution in [1.82, 2.24) is 10.2 Å². The number of esters is 1. The van der Waals surface area contributed by atoms with Crippen LogP contribution < -0.4 is 5.32 Å². The quantitative estimate of drug-likeness (QED) is 0.726. The molecule has 0 spiro atoms. The van der Waals surface area contributed by atoms with E-state index >= 15 is 0 Å². The number of piperidine rings is 1. The van der Waals surface area contributed by atoms with Crippen molar-refractivity contribution in [1.29, 1.82) is 0 Å². The average Bonchev–Trinajstić information content (AvgIpc) is 3.01. The Morgan fingerprint density at radius 3 is 2.67 bits per heavy atom. The van der Waals surface area contributed by atoms with Gasteiger partial charge in [-0.25, -0.2) is 0 Å². The highest BCUT2D eigenvalue weighted by Gasteiger charge is 2.28. The van der Waals surface area contributed by atoms with E-state index in [1.54, 1.807) is 0 Å². The molecule has 0 aromatic carbocycles. The third kappa shape index (κ3) is 4.97. The molecule has 0 aliphatic carbocycles. The molecule has 0 bridgehead atoms. The lowest BCUT2D eigenvalue weighted by Crippen LogP contribution is -2.45. The fourth-order valence-corrected chi connectivity index (χ4v) is 2.88. The van der Waals surface area contributed by atoms with Crippen molar-refractivity contribution in [2.45, 2.75) is 38.7 Å². The first-order valence-corrected chi connectivity index (χ1v) is 7.97. The molecule has 0 aromatic heterocycles. The summed E-state index contributed by atoms with van der Waals surface area (Å²) in [6, 6.07) is 0. The highest BCUT2D eigenvalue weighted by molar-refractivity contribution is 5.79. The minimum Gasteiger partial charge on any atom is -0.466 e. The summed E-state index contributed by atoms with van der Waals surface area (Å²) in [4.78, 5) is 25.6. The lowest BCUT2D eigenvalue weighted by molar-refractivity contribution is -0.151. The van der Waals surface area contributed by atoms with Crippen LogP contribution in [0.3, 0.4) is 0 Å². The van der Waals surface area contributed by atoms with E-state index in [2.05, 4.69) is 5.32 Å². The molecule has 1 unspecified atom stereocenters. The molecule has 2 fully saturated rings. The molecule has 1 amide bonds. The molecule has 1 atom stereocenters. The van der Waals surface area contributed by atoms with Gasteiger partial charge in [0.25, 0.3) is 0 Å². The molecule has 0 aromatic rings. The molecule has 21 heavy (non-hydrogen) atoms. The van der Waals surface area contributed by atoms with Crippen molar-refractivity contribution >= 4 is 11.9 Å². The van der Waals surface area contributed by atoms with Gasteiger partial charge in [-0.1, -0.05) is 0 Å². The van der Waals surface area contributed by atoms with Gasteiger partial charge in [-0.3, -0.25) is 9.59 Å². The summed E-state index contributed by atoms with van der Waals surface area (Å²) in [6.45, 7) is 5.45. The summed E-state index contributed by atoms with van der Waals surface area (Å²) in [5.41, 5.74) is 0. The first kappa shape index (κ1) is 16.2. The van der Waals surface area contributed by atoms with Crippen LogP contribution in [0.25, 0.3) is 0 Å². The molecule has 2 aliphatic heterocycles. The largest absolute Gasteiger partial charge is 0.466 e. The summed E-state index contributed by atoms with van der Waals surface area (Å²) in [5.74, 6) is -0.0646. The van der Waals surface area contributed by atoms with Crippen LogP contribution in [-0.4, -0.2) is 62.3 Å². The number of nitrogens with zero attached hydrogens (tertiary/aromatic N) is 1. The molecule has 6 heteroatoms. The van der Waals surface area contributed by atoms with Crippen LogP contribution in [0, 0.1) is 5.92 Å². The second-order valence-corrected chi connectivity index (χ2v) is 5.67. The lowest BCUT2D eigenvalue weighted by atomic mass is 9.97. The number of nitrogens with one attached hydrogen (secondary N) is 1. The van der Waals surface area contributed by atoms with Crippen LogP contribution in [0.1, 0.15) is 32.6 Å². The maximum absolute atomic E-state index is 12.1. The Kier molecular flexibility index (Phi) is 6.45. The molecule has 2 saturated heterocycles. The number of hydrogen-bond donors (Lipinski definition) is 1. The van der Waals surface area contributed by atoms with Gasteiger partial charge in [0, 0.05) is 26.2 Å². The molecule has 1 N–H and O–H groups in total. The van der Waals surface area contributed by atoms with Gasteiger partial charge in [-0.2, -0.15) is 0 Å². The van der Waals surface area contributed by atoms with Gasteiger partial charge < -0.3 is 19.7 Å². The van der Waals surface area contributed by atoms with E-state index in [1.165, 1.54) is 0 Å². The van der Waals surface area contributed by atoms with Crippen molar-refractivity contribution in [2.24, 2.45) is 5.92 Å². The van der Waals surface area contributed by atoms with E-state index in [0.717, 1.165) is 26.0 Å². The first-order chi connectivity index (χ1) is 10.2. The van der Waals surface area contributed by atoms with Crippen molar-refractivity contribution in [3.8, 4) is 0 Å². The Morgan fingerprint density at radius 1 is 1.29 bits per heavy atom. The summed E-state index contributed by atoms with van der Waals surface area (Å²) < 4.78 is 10.5. The molecular formula is C15H26N2O4. The number of ether oxygens (including phenoxy) is 2. The molecule has 2 aliphatic rings. The normalized spacial score (nSPS) is 23.3. The van der Waals surface area contributed by atoms with Crippen LogP contribution in [0.15, 0.2) is 0 Å². The fourth-order valence-electron chi connectivity index (χ4n) is 2.88. The number of amides is 1. The highest BCUT2D eigenvalue weighted by atomic mass is 16.5. The molecule has 6 nitrogen and oxygen atoms in total. The predicted molar refractivity (Wildman–Crippen MR) is 77.8 cm³/mol. The number of likely N-dealkylation sites (tertiary alicyclic amines) is 1. The number of carbonyl (C=O) groups excluding carboxylic acids is 2. The van der Waals surface area contributed by atoms with Crippen molar-refractivity contribution in [3.63, 3.8) is 0 Å². The third-order valence-corrected chi connectivity index (χ3v) is 4.14. The summed E-state index contributed by atoms with van der Waals surface area (Å²) >= 11 is 0. The Labute approximate surface area is 126 Å². The summed E-state index contributed by atoms with van der Waals surface area (Å²) in [7, 11) is 0. The SMILES string of the molecule is CCOC(=O)C1CCN(C(=O)CNCC2CCCO2)CC1. The average molecular weight is 298 g/mol. The maximum Gasteiger partial charge on any atom is 0.309 e. The predicted octanol–water partition coefficient (Wildman–Crippen LogP) is 0.557. The van der Waals surface area contributed by atoms with Gasteiger partial charge in [0.15, 0.2) is 0 Å². The van der Waals surface area contributed by atoms with Gasteiger partial charge >= 0.3 is 5.97 Å². The molecule has 2 rings (SSSR count). The van der Waals surface area contributed by atoms with Crippen molar-refractivity contribution < 1.29 is 19.1 Å². The second-order valence-electron chi connectivity index (χ2n) is 5.67. The van der Waals surface area contributed by atoms with Crippen LogP contribution in [0.2, 0.25) is 0 Å². The van der Waals surface area contributed by atoms with Crippen LogP contribution in [0.5, 0.6) is 0 Å². The lowest BCUT2D eigenvalue weighted by Gasteiger charge is -2.31. The summed E-state index contributed by atoms with van der Waals surface area (Å²) in [5, 5.41) is 3.17. The van der Waals surface area contributed by atoms with E-state index in [-0.39, 0.29) is 23.9 Å². The fraction of sp³-hybridized carbons (Fsp3) is 0.867. The monoisotopic (exact) mass is 298 g/mol. The smallest absolute Gasteiger partial charge is 0.309 e. The topological polar surface area (TPSA) is 67.9 Å². The molecule has 0 radical (unpaired) electrons. The number of rotatable bonds is 6. The zero-order valence-corrected chi connectivity index (χ0v) is 12.8. The number of carbonyl (C=O) groups is 2. The second kappa shape index (κ2) is 8.34. The maximum atomic E-state index is 12.1. The Bertz CT molecular complexity index is 348. The zero-order chi connectivity index (χ0) is 15.1. The van der Waals surface area contributed by atoms with E-state index in [1.807, 2.05) is 11.8 Å². The van der Waals surface area contributed by atoms with E-state index in [4.69, 9.17) is 9.47 Å². The van der Waals surface area contributed by atoms with E-state index in [0.29, 0.717) is 39.1 Å². The van der Waals surface area contributed by atoms with Gasteiger partial charge in [0.1, 0.15) is 0 Å². The summed E-state index contributed by atoms with van der Waals surface area (Å²) in [6.07, 6.45) is 3.85. The highest BCUT2D eigenvalue weighted by Crippen LogP contribution is 2.18. The van der Waals surface area contributed by atoms with E-state index in [9.17, 15) is 9.59 Å². The Morgan fingerprint density at radius 2 is 2.05 bits per heavy atom. The first-order valence-electron chi connectivity index (χ1n) is 7.97. The van der Waals surface area contributed by atoms with Crippen molar-refractivity contribution in [2.75, 3.05) is 39.4 Å². The van der Waals surface area contributed by atoms with Gasteiger partial charge in [-0.05, 0) is 32.6 Å². The minimum atomic E-state index is -0.124. The van der Waals surface area contributed by atoms with Crippen LogP contribution >= 0.6 is 0 Å². The molecule has 120 valence electrons. The Hall–Kier alpha value is -1.14. The van der Waals surface area contributed by atoms with Crippen molar-refractivity contribution in [3.05, 3.63) is 0 Å². The zero-order valence-electron chi connectivity index (χ0n) is 12.8.